The average molecular weight is 240 g/mol. The maximum absolute atomic E-state index is 8.32. The Morgan fingerprint density at radius 1 is 1.39 bits per heavy atom. The Bertz CT molecular complexity index is 642. The fourth-order valence-corrected chi connectivity index (χ4v) is 2.33. The van der Waals surface area contributed by atoms with E-state index in [1.165, 1.54) is 5.56 Å². The summed E-state index contributed by atoms with van der Waals surface area (Å²) in [7, 11) is 0. The van der Waals surface area contributed by atoms with Crippen molar-refractivity contribution in [1.82, 2.24) is 9.55 Å². The summed E-state index contributed by atoms with van der Waals surface area (Å²) in [5.74, 6) is 0.808. The lowest BCUT2D eigenvalue weighted by molar-refractivity contribution is 0.585. The molecule has 18 heavy (non-hydrogen) atoms. The third-order valence-electron chi connectivity index (χ3n) is 3.27. The highest BCUT2D eigenvalue weighted by molar-refractivity contribution is 5.62. The summed E-state index contributed by atoms with van der Waals surface area (Å²) < 4.78 is 1.95. The molecule has 0 saturated heterocycles. The first kappa shape index (κ1) is 11.0. The van der Waals surface area contributed by atoms with E-state index < -0.39 is 0 Å². The van der Waals surface area contributed by atoms with E-state index >= 15 is 0 Å². The van der Waals surface area contributed by atoms with Crippen LogP contribution in [0, 0.1) is 12.3 Å². The topological polar surface area (TPSA) is 53.7 Å². The van der Waals surface area contributed by atoms with E-state index in [0.717, 1.165) is 36.6 Å². The highest BCUT2D eigenvalue weighted by Crippen LogP contribution is 2.18. The minimum atomic E-state index is 0.540. The van der Waals surface area contributed by atoms with Gasteiger partial charge in [-0.25, -0.2) is 4.98 Å². The molecular weight excluding hydrogens is 224 g/mol. The van der Waals surface area contributed by atoms with E-state index in [9.17, 15) is 0 Å². The van der Waals surface area contributed by atoms with Crippen LogP contribution in [0.15, 0.2) is 30.5 Å². The van der Waals surface area contributed by atoms with Crippen LogP contribution >= 0.6 is 0 Å². The molecule has 2 N–H and O–H groups in total. The summed E-state index contributed by atoms with van der Waals surface area (Å²) in [6.45, 7) is 3.87. The minimum absolute atomic E-state index is 0.540. The first-order valence-corrected chi connectivity index (χ1v) is 6.21. The molecular formula is C14H16N4. The molecule has 1 aliphatic rings. The van der Waals surface area contributed by atoms with Crippen LogP contribution in [0.25, 0.3) is 11.1 Å². The van der Waals surface area contributed by atoms with Crippen molar-refractivity contribution in [2.75, 3.05) is 11.9 Å². The predicted octanol–water partition coefficient (Wildman–Crippen LogP) is 2.15. The van der Waals surface area contributed by atoms with Gasteiger partial charge < -0.3 is 5.32 Å². The number of benzene rings is 1. The second-order valence-corrected chi connectivity index (χ2v) is 4.65. The lowest BCUT2D eigenvalue weighted by Crippen LogP contribution is -2.30. The van der Waals surface area contributed by atoms with Gasteiger partial charge in [-0.1, -0.05) is 29.8 Å². The van der Waals surface area contributed by atoms with Gasteiger partial charge in [-0.15, -0.1) is 0 Å². The van der Waals surface area contributed by atoms with Gasteiger partial charge in [-0.2, -0.15) is 0 Å². The van der Waals surface area contributed by atoms with Crippen LogP contribution < -0.4 is 10.8 Å². The van der Waals surface area contributed by atoms with E-state index in [4.69, 9.17) is 5.41 Å². The van der Waals surface area contributed by atoms with Crippen LogP contribution in [0.1, 0.15) is 12.0 Å². The number of anilines is 1. The summed E-state index contributed by atoms with van der Waals surface area (Å²) in [5, 5.41) is 11.5. The summed E-state index contributed by atoms with van der Waals surface area (Å²) in [5.41, 5.74) is 3.70. The second-order valence-electron chi connectivity index (χ2n) is 4.65. The first-order chi connectivity index (χ1) is 8.75. The van der Waals surface area contributed by atoms with Crippen molar-refractivity contribution in [3.63, 3.8) is 0 Å². The van der Waals surface area contributed by atoms with Crippen molar-refractivity contribution < 1.29 is 0 Å². The van der Waals surface area contributed by atoms with E-state index in [1.54, 1.807) is 6.20 Å². The molecule has 3 rings (SSSR count). The Morgan fingerprint density at radius 3 is 3.11 bits per heavy atom. The molecule has 0 radical (unpaired) electrons. The maximum Gasteiger partial charge on any atom is 0.204 e. The minimum Gasteiger partial charge on any atom is -0.356 e. The van der Waals surface area contributed by atoms with Crippen LogP contribution in [0.4, 0.5) is 5.95 Å². The summed E-state index contributed by atoms with van der Waals surface area (Å²) in [4.78, 5) is 4.42. The quantitative estimate of drug-likeness (QED) is 0.802. The molecule has 4 heteroatoms. The van der Waals surface area contributed by atoms with E-state index in [-0.39, 0.29) is 0 Å². The van der Waals surface area contributed by atoms with E-state index in [2.05, 4.69) is 29.4 Å². The van der Waals surface area contributed by atoms with Crippen molar-refractivity contribution in [3.05, 3.63) is 41.5 Å². The Hall–Kier alpha value is -2.10. The van der Waals surface area contributed by atoms with Crippen LogP contribution in [0.2, 0.25) is 0 Å². The number of fused-ring (bicyclic) bond motifs is 1. The van der Waals surface area contributed by atoms with Gasteiger partial charge in [0.1, 0.15) is 5.49 Å². The third kappa shape index (κ3) is 1.79. The molecule has 0 bridgehead atoms. The normalized spacial score (nSPS) is 13.8. The van der Waals surface area contributed by atoms with Gasteiger partial charge in [-0.3, -0.25) is 9.98 Å². The number of rotatable bonds is 1. The molecule has 0 spiro atoms. The Morgan fingerprint density at radius 2 is 2.28 bits per heavy atom. The molecule has 0 aliphatic carbocycles. The zero-order valence-corrected chi connectivity index (χ0v) is 10.4. The average Bonchev–Trinajstić information content (AvgIpc) is 2.39. The zero-order chi connectivity index (χ0) is 12.5. The van der Waals surface area contributed by atoms with Crippen molar-refractivity contribution >= 4 is 5.95 Å². The molecule has 1 aliphatic heterocycles. The largest absolute Gasteiger partial charge is 0.356 e. The van der Waals surface area contributed by atoms with Gasteiger partial charge >= 0.3 is 0 Å². The molecule has 2 aromatic rings. The standard InChI is InChI=1S/C14H16N4/c1-10-4-2-5-11(8-10)12-9-17-14-16-6-3-7-18(14)13(12)15/h2,4-5,8-9,15H,3,6-7H2,1H3,(H,16,17). The molecule has 2 heterocycles. The Kier molecular flexibility index (Phi) is 2.63. The smallest absolute Gasteiger partial charge is 0.204 e. The highest BCUT2D eigenvalue weighted by Gasteiger charge is 2.12. The van der Waals surface area contributed by atoms with Gasteiger partial charge in [0.2, 0.25) is 5.95 Å². The van der Waals surface area contributed by atoms with Crippen LogP contribution in [0.5, 0.6) is 0 Å². The molecule has 0 atom stereocenters. The molecule has 0 unspecified atom stereocenters. The number of hydrogen-bond acceptors (Lipinski definition) is 3. The van der Waals surface area contributed by atoms with E-state index in [1.807, 2.05) is 16.7 Å². The van der Waals surface area contributed by atoms with Crippen molar-refractivity contribution in [2.24, 2.45) is 0 Å². The maximum atomic E-state index is 8.32. The number of aromatic nitrogens is 2. The lowest BCUT2D eigenvalue weighted by Gasteiger charge is -2.20. The van der Waals surface area contributed by atoms with Crippen LogP contribution in [-0.4, -0.2) is 16.1 Å². The number of nitrogens with zero attached hydrogens (tertiary/aromatic N) is 2. The molecule has 92 valence electrons. The van der Waals surface area contributed by atoms with Gasteiger partial charge in [-0.05, 0) is 18.9 Å². The molecule has 1 aromatic heterocycles. The molecule has 4 nitrogen and oxygen atoms in total. The summed E-state index contributed by atoms with van der Waals surface area (Å²) in [6, 6.07) is 8.21. The fraction of sp³-hybridized carbons (Fsp3) is 0.286. The van der Waals surface area contributed by atoms with Gasteiger partial charge in [0, 0.05) is 24.8 Å². The molecule has 0 saturated carbocycles. The van der Waals surface area contributed by atoms with Crippen LogP contribution in [-0.2, 0) is 6.54 Å². The number of hydrogen-bond donors (Lipinski definition) is 2. The van der Waals surface area contributed by atoms with Gasteiger partial charge in [0.15, 0.2) is 0 Å². The van der Waals surface area contributed by atoms with Gasteiger partial charge in [0.05, 0.1) is 0 Å². The fourth-order valence-electron chi connectivity index (χ4n) is 2.33. The van der Waals surface area contributed by atoms with Crippen molar-refractivity contribution in [3.8, 4) is 11.1 Å². The summed E-state index contributed by atoms with van der Waals surface area (Å²) >= 11 is 0. The van der Waals surface area contributed by atoms with Gasteiger partial charge in [0.25, 0.3) is 0 Å². The third-order valence-corrected chi connectivity index (χ3v) is 3.27. The monoisotopic (exact) mass is 240 g/mol. The number of nitrogens with one attached hydrogen (secondary N) is 2. The number of aryl methyl sites for hydroxylation is 1. The van der Waals surface area contributed by atoms with Crippen LogP contribution in [0.3, 0.4) is 0 Å². The molecule has 0 fully saturated rings. The SMILES string of the molecule is Cc1cccc(-c2cnc3n(c2=N)CCCN3)c1. The summed E-state index contributed by atoms with van der Waals surface area (Å²) in [6.07, 6.45) is 2.84. The van der Waals surface area contributed by atoms with Crippen molar-refractivity contribution in [1.29, 1.82) is 5.41 Å². The molecule has 0 amide bonds. The van der Waals surface area contributed by atoms with E-state index in [0.29, 0.717) is 5.49 Å². The first-order valence-electron chi connectivity index (χ1n) is 6.21. The zero-order valence-electron chi connectivity index (χ0n) is 10.4. The Labute approximate surface area is 106 Å². The predicted molar refractivity (Wildman–Crippen MR) is 71.4 cm³/mol. The molecule has 1 aromatic carbocycles. The Balaban J connectivity index is 2.16. The lowest BCUT2D eigenvalue weighted by atomic mass is 10.1. The highest BCUT2D eigenvalue weighted by atomic mass is 15.2. The van der Waals surface area contributed by atoms with Crippen molar-refractivity contribution in [2.45, 2.75) is 19.9 Å². The second kappa shape index (κ2) is 4.29.